The van der Waals surface area contributed by atoms with Crippen LogP contribution in [0.5, 0.6) is 0 Å². The molecule has 0 aliphatic carbocycles. The molecule has 1 fully saturated rings. The average Bonchev–Trinajstić information content (AvgIpc) is 3.83. The third-order valence-electron chi connectivity index (χ3n) is 10.8. The molecule has 0 spiro atoms. The van der Waals surface area contributed by atoms with E-state index in [1.54, 1.807) is 0 Å². The van der Waals surface area contributed by atoms with Crippen LogP contribution in [0.25, 0.3) is 11.2 Å². The molecule has 2 aromatic heterocycles. The summed E-state index contributed by atoms with van der Waals surface area (Å²) in [6.07, 6.45) is 9.23. The molecule has 390 valence electrons. The summed E-state index contributed by atoms with van der Waals surface area (Å²) >= 11 is 0.915. The van der Waals surface area contributed by atoms with Crippen LogP contribution in [0.2, 0.25) is 0 Å². The molecule has 29 heteroatoms. The lowest BCUT2D eigenvalue weighted by molar-refractivity contribution is -0.137. The molecule has 2 aromatic rings. The van der Waals surface area contributed by atoms with Crippen LogP contribution in [-0.4, -0.2) is 134 Å². The summed E-state index contributed by atoms with van der Waals surface area (Å²) in [7, 11) is -16.4. The van der Waals surface area contributed by atoms with Crippen LogP contribution in [0.4, 0.5) is 5.82 Å². The van der Waals surface area contributed by atoms with Gasteiger partial charge in [0.25, 0.3) is 0 Å². The van der Waals surface area contributed by atoms with E-state index in [0.717, 1.165) is 54.7 Å². The van der Waals surface area contributed by atoms with E-state index >= 15 is 0 Å². The molecule has 1 aliphatic heterocycles. The van der Waals surface area contributed by atoms with Gasteiger partial charge in [0, 0.05) is 30.7 Å². The molecule has 1 saturated heterocycles. The zero-order valence-electron chi connectivity index (χ0n) is 38.7. The maximum atomic E-state index is 12.7. The molecule has 0 saturated carbocycles. The first-order valence-electron chi connectivity index (χ1n) is 22.7. The quantitative estimate of drug-likeness (QED) is 0.0346. The van der Waals surface area contributed by atoms with Crippen molar-refractivity contribution in [2.45, 2.75) is 160 Å². The van der Waals surface area contributed by atoms with Crippen molar-refractivity contribution in [2.24, 2.45) is 5.41 Å². The number of aromatic nitrogens is 4. The minimum Gasteiger partial charge on any atom is -0.386 e. The van der Waals surface area contributed by atoms with Gasteiger partial charge >= 0.3 is 23.5 Å². The Morgan fingerprint density at radius 2 is 1.46 bits per heavy atom. The fraction of sp³-hybridized carbons (Fsp3) is 0.795. The Labute approximate surface area is 399 Å². The van der Waals surface area contributed by atoms with Crippen LogP contribution in [0.1, 0.15) is 130 Å². The van der Waals surface area contributed by atoms with Crippen molar-refractivity contribution in [3.05, 3.63) is 12.7 Å². The topological polar surface area (TPSA) is 384 Å². The summed E-state index contributed by atoms with van der Waals surface area (Å²) in [5, 5.41) is 36.4. The molecule has 3 rings (SSSR count). The predicted molar refractivity (Wildman–Crippen MR) is 248 cm³/mol. The van der Waals surface area contributed by atoms with Gasteiger partial charge in [0.1, 0.15) is 42.4 Å². The highest BCUT2D eigenvalue weighted by Crippen LogP contribution is 2.61. The molecule has 68 heavy (non-hydrogen) atoms. The predicted octanol–water partition coefficient (Wildman–Crippen LogP) is 3.90. The largest absolute Gasteiger partial charge is 0.481 e. The number of anilines is 1. The molecular formula is C39H70N7O18P3S. The number of aliphatic hydroxyl groups is 3. The van der Waals surface area contributed by atoms with Crippen molar-refractivity contribution >= 4 is 69.1 Å². The smallest absolute Gasteiger partial charge is 0.386 e. The lowest BCUT2D eigenvalue weighted by Crippen LogP contribution is -2.46. The van der Waals surface area contributed by atoms with Crippen LogP contribution in [0.3, 0.4) is 0 Å². The van der Waals surface area contributed by atoms with Crippen molar-refractivity contribution in [2.75, 3.05) is 37.8 Å². The number of aliphatic hydroxyl groups excluding tert-OH is 3. The highest BCUT2D eigenvalue weighted by Gasteiger charge is 2.50. The van der Waals surface area contributed by atoms with Gasteiger partial charge in [0.15, 0.2) is 17.7 Å². The van der Waals surface area contributed by atoms with Gasteiger partial charge in [0.2, 0.25) is 16.9 Å². The molecule has 8 unspecified atom stereocenters. The first-order chi connectivity index (χ1) is 32.0. The van der Waals surface area contributed by atoms with Crippen molar-refractivity contribution in [3.8, 4) is 0 Å². The number of nitrogens with one attached hydrogen (secondary N) is 2. The van der Waals surface area contributed by atoms with E-state index in [-0.39, 0.29) is 47.4 Å². The van der Waals surface area contributed by atoms with Crippen molar-refractivity contribution in [3.63, 3.8) is 0 Å². The molecule has 25 nitrogen and oxygen atoms in total. The van der Waals surface area contributed by atoms with Crippen LogP contribution in [0, 0.1) is 5.41 Å². The van der Waals surface area contributed by atoms with Gasteiger partial charge in [0.05, 0.1) is 19.5 Å². The Morgan fingerprint density at radius 3 is 2.06 bits per heavy atom. The SMILES string of the molecule is CCCCCCCCCCCCCCCCC(O)C(=O)SCCNC(=O)CCNC(=O)C(O)C(C)(C)COP(=O)(O)OP(=O)(O)OCC1OC(n2cnc3c(N)ncnc32)C(O)C1OP(=O)(O)O. The Morgan fingerprint density at radius 1 is 0.868 bits per heavy atom. The molecule has 8 atom stereocenters. The fourth-order valence-corrected chi connectivity index (χ4v) is 10.6. The highest BCUT2D eigenvalue weighted by atomic mass is 32.2. The van der Waals surface area contributed by atoms with E-state index in [4.69, 9.17) is 19.5 Å². The zero-order valence-corrected chi connectivity index (χ0v) is 42.2. The molecule has 3 heterocycles. The second-order valence-electron chi connectivity index (χ2n) is 17.1. The monoisotopic (exact) mass is 1050 g/mol. The molecular weight excluding hydrogens is 979 g/mol. The third-order valence-corrected chi connectivity index (χ3v) is 14.9. The van der Waals surface area contributed by atoms with Gasteiger partial charge < -0.3 is 56.0 Å². The number of imidazole rings is 1. The Bertz CT molecular complexity index is 2030. The lowest BCUT2D eigenvalue weighted by Gasteiger charge is -2.30. The number of ether oxygens (including phenoxy) is 1. The van der Waals surface area contributed by atoms with E-state index < -0.39 is 90.7 Å². The maximum Gasteiger partial charge on any atom is 0.481 e. The summed E-state index contributed by atoms with van der Waals surface area (Å²) < 4.78 is 62.4. The number of carbonyl (C=O) groups excluding carboxylic acids is 3. The summed E-state index contributed by atoms with van der Waals surface area (Å²) in [5.41, 5.74) is 4.25. The van der Waals surface area contributed by atoms with Crippen LogP contribution >= 0.6 is 35.2 Å². The first-order valence-corrected chi connectivity index (χ1v) is 28.2. The number of phosphoric acid groups is 3. The molecule has 2 amide bonds. The molecule has 0 radical (unpaired) electrons. The number of fused-ring (bicyclic) bond motifs is 1. The van der Waals surface area contributed by atoms with Crippen molar-refractivity contribution in [1.82, 2.24) is 30.2 Å². The van der Waals surface area contributed by atoms with Gasteiger partial charge in [-0.1, -0.05) is 122 Å². The number of unbranched alkanes of at least 4 members (excludes halogenated alkanes) is 13. The number of nitrogens with zero attached hydrogens (tertiary/aromatic N) is 4. The number of phosphoric ester groups is 3. The fourth-order valence-electron chi connectivity index (χ4n) is 7.03. The standard InChI is InChI=1S/C39H70N7O18P3S/c1-4-5-6-7-8-9-10-11-12-13-14-15-16-17-18-27(47)38(52)68-22-21-41-29(48)19-20-42-36(51)33(50)39(2,3)24-61-67(58,59)64-66(56,57)60-23-28-32(63-65(53,54)55)31(49)37(62-28)46-26-45-30-34(40)43-25-44-35(30)46/h25-28,31-33,37,47,49-50H,4-24H2,1-3H3,(H,41,48)(H,42,51)(H,56,57)(H,58,59)(H2,40,43,44)(H2,53,54,55). The van der Waals surface area contributed by atoms with Crippen LogP contribution < -0.4 is 16.4 Å². The lowest BCUT2D eigenvalue weighted by atomic mass is 9.87. The summed E-state index contributed by atoms with van der Waals surface area (Å²) in [5.74, 6) is -1.28. The second-order valence-corrected chi connectivity index (χ2v) is 22.5. The van der Waals surface area contributed by atoms with E-state index in [1.165, 1.54) is 78.1 Å². The minimum atomic E-state index is -5.59. The summed E-state index contributed by atoms with van der Waals surface area (Å²) in [6, 6.07) is 0. The van der Waals surface area contributed by atoms with Gasteiger partial charge in [-0.25, -0.2) is 28.6 Å². The number of carbonyl (C=O) groups is 3. The second kappa shape index (κ2) is 29.1. The van der Waals surface area contributed by atoms with E-state index in [0.29, 0.717) is 6.42 Å². The maximum absolute atomic E-state index is 12.7. The Hall–Kier alpha value is -2.48. The zero-order chi connectivity index (χ0) is 50.5. The summed E-state index contributed by atoms with van der Waals surface area (Å²) in [6.45, 7) is 2.59. The van der Waals surface area contributed by atoms with E-state index in [2.05, 4.69) is 41.3 Å². The number of hydrogen-bond donors (Lipinski definition) is 10. The highest BCUT2D eigenvalue weighted by molar-refractivity contribution is 8.13. The number of nitrogens with two attached hydrogens (primary N) is 1. The summed E-state index contributed by atoms with van der Waals surface area (Å²) in [4.78, 5) is 88.5. The molecule has 11 N–H and O–H groups in total. The number of hydrogen-bond acceptors (Lipinski definition) is 19. The molecule has 1 aliphatic rings. The first kappa shape index (κ1) is 59.8. The normalized spacial score (nSPS) is 20.4. The van der Waals surface area contributed by atoms with E-state index in [1.807, 2.05) is 0 Å². The van der Waals surface area contributed by atoms with Crippen LogP contribution in [0.15, 0.2) is 12.7 Å². The van der Waals surface area contributed by atoms with Gasteiger partial charge in [-0.05, 0) is 6.42 Å². The Kier molecular flexibility index (Phi) is 25.6. The van der Waals surface area contributed by atoms with Crippen molar-refractivity contribution in [1.29, 1.82) is 0 Å². The molecule has 0 bridgehead atoms. The number of amides is 2. The van der Waals surface area contributed by atoms with Crippen molar-refractivity contribution < 1.29 is 85.6 Å². The van der Waals surface area contributed by atoms with Gasteiger partial charge in [-0.2, -0.15) is 4.31 Å². The molecule has 0 aromatic carbocycles. The van der Waals surface area contributed by atoms with Crippen LogP contribution in [-0.2, 0) is 50.7 Å². The average molecular weight is 1050 g/mol. The number of thioether (sulfide) groups is 1. The van der Waals surface area contributed by atoms with Gasteiger partial charge in [-0.3, -0.25) is 32.5 Å². The number of rotatable bonds is 35. The third kappa shape index (κ3) is 21.5. The van der Waals surface area contributed by atoms with Gasteiger partial charge in [-0.15, -0.1) is 0 Å². The Balaban J connectivity index is 1.31. The number of nitrogen functional groups attached to an aromatic ring is 1. The minimum absolute atomic E-state index is 0.0279. The van der Waals surface area contributed by atoms with E-state index in [9.17, 15) is 63.0 Å².